The zero-order valence-electron chi connectivity index (χ0n) is 18.9. The number of para-hydroxylation sites is 1. The van der Waals surface area contributed by atoms with E-state index in [1.165, 1.54) is 11.8 Å². The highest BCUT2D eigenvalue weighted by atomic mass is 32.2. The lowest BCUT2D eigenvalue weighted by molar-refractivity contribution is -0.140. The summed E-state index contributed by atoms with van der Waals surface area (Å²) in [7, 11) is 0. The first-order chi connectivity index (χ1) is 15.4. The third-order valence-corrected chi connectivity index (χ3v) is 6.80. The molecule has 32 heavy (non-hydrogen) atoms. The first-order valence-electron chi connectivity index (χ1n) is 10.9. The van der Waals surface area contributed by atoms with E-state index in [-0.39, 0.29) is 12.6 Å². The van der Waals surface area contributed by atoms with Crippen LogP contribution >= 0.6 is 11.8 Å². The van der Waals surface area contributed by atoms with Gasteiger partial charge >= 0.3 is 5.97 Å². The van der Waals surface area contributed by atoms with E-state index in [0.717, 1.165) is 11.3 Å². The molecule has 1 saturated heterocycles. The first kappa shape index (κ1) is 22.4. The van der Waals surface area contributed by atoms with E-state index in [0.29, 0.717) is 22.2 Å². The highest BCUT2D eigenvalue weighted by molar-refractivity contribution is 8.14. The van der Waals surface area contributed by atoms with Crippen LogP contribution in [0, 0.1) is 0 Å². The molecule has 0 spiro atoms. The molecule has 4 rings (SSSR count). The Balaban J connectivity index is 1.89. The molecule has 2 aliphatic heterocycles. The topological polar surface area (TPSA) is 65.4 Å². The normalized spacial score (nSPS) is 22.6. The summed E-state index contributed by atoms with van der Waals surface area (Å²) in [4.78, 5) is 21.7. The second-order valence-electron chi connectivity index (χ2n) is 8.16. The maximum atomic E-state index is 13.1. The fourth-order valence-electron chi connectivity index (χ4n) is 4.50. The maximum Gasteiger partial charge on any atom is 0.338 e. The molecular formula is C25H29N3O3S. The summed E-state index contributed by atoms with van der Waals surface area (Å²) in [6, 6.07) is 19.1. The minimum Gasteiger partial charge on any atom is -0.463 e. The number of rotatable bonds is 6. The maximum absolute atomic E-state index is 13.1. The van der Waals surface area contributed by atoms with Gasteiger partial charge in [0.2, 0.25) is 5.85 Å². The largest absolute Gasteiger partial charge is 0.463 e. The van der Waals surface area contributed by atoms with Gasteiger partial charge < -0.3 is 14.7 Å². The molecule has 6 nitrogen and oxygen atoms in total. The molecule has 1 fully saturated rings. The lowest BCUT2D eigenvalue weighted by Gasteiger charge is -2.50. The second kappa shape index (κ2) is 9.00. The summed E-state index contributed by atoms with van der Waals surface area (Å²) in [6.07, 6.45) is 0. The lowest BCUT2D eigenvalue weighted by Crippen LogP contribution is -2.64. The highest BCUT2D eigenvalue weighted by Crippen LogP contribution is 2.48. The number of nitrogens with zero attached hydrogens (tertiary/aromatic N) is 3. The lowest BCUT2D eigenvalue weighted by atomic mass is 9.93. The Hall–Kier alpha value is -2.77. The molecule has 7 heteroatoms. The predicted octanol–water partition coefficient (Wildman–Crippen LogP) is 4.54. The number of allylic oxidation sites excluding steroid dienone is 1. The van der Waals surface area contributed by atoms with Crippen molar-refractivity contribution in [2.45, 2.75) is 45.6 Å². The van der Waals surface area contributed by atoms with Gasteiger partial charge in [-0.05, 0) is 45.4 Å². The van der Waals surface area contributed by atoms with Crippen LogP contribution in [0.15, 0.2) is 76.9 Å². The Morgan fingerprint density at radius 2 is 1.84 bits per heavy atom. The number of carbonyl (C=O) groups is 1. The van der Waals surface area contributed by atoms with Crippen molar-refractivity contribution in [1.82, 2.24) is 4.90 Å². The Kier molecular flexibility index (Phi) is 6.31. The van der Waals surface area contributed by atoms with Gasteiger partial charge in [-0.2, -0.15) is 0 Å². The molecule has 2 aromatic carbocycles. The van der Waals surface area contributed by atoms with Crippen LogP contribution < -0.4 is 4.90 Å². The molecule has 0 radical (unpaired) electrons. The molecule has 2 aliphatic rings. The summed E-state index contributed by atoms with van der Waals surface area (Å²) < 4.78 is 5.42. The predicted molar refractivity (Wildman–Crippen MR) is 129 cm³/mol. The molecule has 168 valence electrons. The van der Waals surface area contributed by atoms with Crippen molar-refractivity contribution in [3.8, 4) is 0 Å². The summed E-state index contributed by atoms with van der Waals surface area (Å²) in [5.74, 6) is -1.40. The number of ether oxygens (including phenoxy) is 1. The number of fused-ring (bicyclic) bond motifs is 1. The summed E-state index contributed by atoms with van der Waals surface area (Å²) in [5.41, 5.74) is 2.89. The van der Waals surface area contributed by atoms with Crippen molar-refractivity contribution < 1.29 is 14.6 Å². The van der Waals surface area contributed by atoms with Gasteiger partial charge in [0, 0.05) is 11.7 Å². The molecule has 2 aromatic rings. The van der Waals surface area contributed by atoms with Crippen LogP contribution in [0.5, 0.6) is 0 Å². The SMILES string of the molecule is CCOC(=O)C1=C(C)N=C2SC[C@](O)(N(c3ccccc3)C(C)C)N2[C@H]1c1ccccc1. The Labute approximate surface area is 193 Å². The molecular weight excluding hydrogens is 422 g/mol. The number of amidine groups is 1. The number of aliphatic hydroxyl groups is 1. The first-order valence-corrected chi connectivity index (χ1v) is 11.9. The summed E-state index contributed by atoms with van der Waals surface area (Å²) in [6.45, 7) is 8.01. The molecule has 0 amide bonds. The van der Waals surface area contributed by atoms with Gasteiger partial charge in [-0.1, -0.05) is 60.3 Å². The monoisotopic (exact) mass is 451 g/mol. The van der Waals surface area contributed by atoms with Gasteiger partial charge in [-0.3, -0.25) is 4.90 Å². The summed E-state index contributed by atoms with van der Waals surface area (Å²) in [5, 5.41) is 13.0. The van der Waals surface area contributed by atoms with Gasteiger partial charge in [0.25, 0.3) is 0 Å². The van der Waals surface area contributed by atoms with E-state index in [1.54, 1.807) is 6.92 Å². The van der Waals surface area contributed by atoms with Crippen molar-refractivity contribution in [2.75, 3.05) is 17.3 Å². The number of carbonyl (C=O) groups excluding carboxylic acids is 1. The number of thioether (sulfide) groups is 1. The molecule has 2 heterocycles. The smallest absolute Gasteiger partial charge is 0.338 e. The van der Waals surface area contributed by atoms with E-state index < -0.39 is 17.9 Å². The van der Waals surface area contributed by atoms with E-state index in [9.17, 15) is 9.90 Å². The average molecular weight is 452 g/mol. The Bertz CT molecular complexity index is 1040. The van der Waals surface area contributed by atoms with Crippen LogP contribution in [0.2, 0.25) is 0 Å². The number of hydrogen-bond acceptors (Lipinski definition) is 7. The van der Waals surface area contributed by atoms with Crippen molar-refractivity contribution in [3.05, 3.63) is 77.5 Å². The number of esters is 1. The van der Waals surface area contributed by atoms with E-state index in [4.69, 9.17) is 9.73 Å². The van der Waals surface area contributed by atoms with Crippen LogP contribution in [-0.4, -0.2) is 45.4 Å². The van der Waals surface area contributed by atoms with Crippen LogP contribution in [0.4, 0.5) is 5.69 Å². The highest BCUT2D eigenvalue weighted by Gasteiger charge is 2.55. The van der Waals surface area contributed by atoms with Crippen LogP contribution in [0.25, 0.3) is 0 Å². The zero-order valence-corrected chi connectivity index (χ0v) is 19.7. The number of hydrogen-bond donors (Lipinski definition) is 1. The molecule has 0 aromatic heterocycles. The fourth-order valence-corrected chi connectivity index (χ4v) is 5.69. The van der Waals surface area contributed by atoms with Crippen LogP contribution in [0.1, 0.15) is 39.3 Å². The van der Waals surface area contributed by atoms with Crippen molar-refractivity contribution >= 4 is 28.6 Å². The zero-order chi connectivity index (χ0) is 22.9. The summed E-state index contributed by atoms with van der Waals surface area (Å²) >= 11 is 1.50. The fraction of sp³-hybridized carbons (Fsp3) is 0.360. The van der Waals surface area contributed by atoms with Gasteiger partial charge in [0.05, 0.1) is 29.7 Å². The third kappa shape index (κ3) is 3.80. The quantitative estimate of drug-likeness (QED) is 0.514. The molecule has 2 atom stereocenters. The molecule has 0 bridgehead atoms. The van der Waals surface area contributed by atoms with Gasteiger partial charge in [0.1, 0.15) is 0 Å². The number of aliphatic imine (C=N–C) groups is 1. The second-order valence-corrected chi connectivity index (χ2v) is 9.10. The van der Waals surface area contributed by atoms with Crippen molar-refractivity contribution in [3.63, 3.8) is 0 Å². The van der Waals surface area contributed by atoms with Gasteiger partial charge in [-0.15, -0.1) is 0 Å². The van der Waals surface area contributed by atoms with Crippen LogP contribution in [0.3, 0.4) is 0 Å². The van der Waals surface area contributed by atoms with Gasteiger partial charge in [-0.25, -0.2) is 9.79 Å². The van der Waals surface area contributed by atoms with E-state index in [2.05, 4.69) is 13.8 Å². The molecule has 0 saturated carbocycles. The standard InChI is InChI=1S/C25H29N3O3S/c1-5-31-23(29)21-18(4)26-24-28(22(21)19-12-8-6-9-13-19)25(30,16-32-24)27(17(2)3)20-14-10-7-11-15-20/h6-15,17,22,30H,5,16H2,1-4H3/t22-,25-/m0/s1. The van der Waals surface area contributed by atoms with E-state index in [1.807, 2.05) is 77.4 Å². The van der Waals surface area contributed by atoms with E-state index >= 15 is 0 Å². The third-order valence-electron chi connectivity index (χ3n) is 5.72. The van der Waals surface area contributed by atoms with Crippen molar-refractivity contribution in [2.24, 2.45) is 4.99 Å². The Morgan fingerprint density at radius 1 is 1.22 bits per heavy atom. The molecule has 1 N–H and O–H groups in total. The molecule has 0 unspecified atom stereocenters. The number of benzene rings is 2. The van der Waals surface area contributed by atoms with Gasteiger partial charge in [0.15, 0.2) is 5.17 Å². The van der Waals surface area contributed by atoms with Crippen LogP contribution in [-0.2, 0) is 9.53 Å². The molecule has 0 aliphatic carbocycles. The average Bonchev–Trinajstić information content (AvgIpc) is 3.10. The Morgan fingerprint density at radius 3 is 2.44 bits per heavy atom. The minimum atomic E-state index is -1.39. The van der Waals surface area contributed by atoms with Crippen molar-refractivity contribution in [1.29, 1.82) is 0 Å². The minimum absolute atomic E-state index is 0.00294. The number of anilines is 1.